The van der Waals surface area contributed by atoms with Crippen molar-refractivity contribution in [2.75, 3.05) is 33.0 Å². The molecule has 3 N–H and O–H groups in total. The van der Waals surface area contributed by atoms with Gasteiger partial charge in [-0.3, -0.25) is 13.8 Å². The highest BCUT2D eigenvalue weighted by Crippen LogP contribution is 2.43. The Kier molecular flexibility index (Phi) is 37.1. The van der Waals surface area contributed by atoms with Gasteiger partial charge in [-0.05, 0) is 70.6 Å². The molecule has 0 aliphatic heterocycles. The summed E-state index contributed by atoms with van der Waals surface area (Å²) in [4.78, 5) is 22.3. The van der Waals surface area contributed by atoms with E-state index in [0.717, 1.165) is 77.0 Å². The monoisotopic (exact) mass is 734 g/mol. The molecule has 292 valence electrons. The van der Waals surface area contributed by atoms with Gasteiger partial charge in [0.25, 0.3) is 0 Å². The van der Waals surface area contributed by atoms with Gasteiger partial charge in [0.15, 0.2) is 0 Å². The highest BCUT2D eigenvalue weighted by molar-refractivity contribution is 7.47. The van der Waals surface area contributed by atoms with Crippen molar-refractivity contribution in [3.8, 4) is 0 Å². The number of nitrogens with two attached hydrogens (primary N) is 1. The molecule has 0 aromatic heterocycles. The molecule has 0 aromatic rings. The van der Waals surface area contributed by atoms with E-state index in [-0.39, 0.29) is 38.8 Å². The van der Waals surface area contributed by atoms with Gasteiger partial charge in [-0.1, -0.05) is 144 Å². The molecule has 0 heterocycles. The van der Waals surface area contributed by atoms with Gasteiger partial charge in [-0.15, -0.1) is 0 Å². The number of carbonyl (C=O) groups excluding carboxylic acids is 1. The van der Waals surface area contributed by atoms with E-state index in [9.17, 15) is 14.3 Å². The lowest BCUT2D eigenvalue weighted by Gasteiger charge is -2.20. The first kappa shape index (κ1) is 48.7. The maximum atomic E-state index is 12.5. The first-order chi connectivity index (χ1) is 24.9. The van der Waals surface area contributed by atoms with Gasteiger partial charge in [0.1, 0.15) is 6.10 Å². The molecule has 0 amide bonds. The minimum atomic E-state index is -4.28. The molecule has 0 spiro atoms. The Hall–Kier alpha value is -2.32. The van der Waals surface area contributed by atoms with E-state index in [2.05, 4.69) is 98.9 Å². The summed E-state index contributed by atoms with van der Waals surface area (Å²) in [6.07, 6.45) is 49.0. The van der Waals surface area contributed by atoms with Crippen LogP contribution in [0.3, 0.4) is 0 Å². The number of phosphoric ester groups is 1. The van der Waals surface area contributed by atoms with Crippen molar-refractivity contribution in [1.82, 2.24) is 0 Å². The quantitative estimate of drug-likeness (QED) is 0.0283. The van der Waals surface area contributed by atoms with Crippen molar-refractivity contribution in [3.63, 3.8) is 0 Å². The number of phosphoric acid groups is 1. The Labute approximate surface area is 311 Å². The maximum Gasteiger partial charge on any atom is 0.472 e. The largest absolute Gasteiger partial charge is 0.472 e. The number of hydrogen-bond donors (Lipinski definition) is 2. The predicted molar refractivity (Wildman–Crippen MR) is 215 cm³/mol. The molecule has 51 heavy (non-hydrogen) atoms. The lowest BCUT2D eigenvalue weighted by Crippen LogP contribution is -2.28. The van der Waals surface area contributed by atoms with Crippen LogP contribution >= 0.6 is 7.82 Å². The molecule has 0 saturated carbocycles. The number of ether oxygens (including phenoxy) is 2. The summed E-state index contributed by atoms with van der Waals surface area (Å²) in [5.41, 5.74) is 5.34. The number of esters is 1. The smallest absolute Gasteiger partial charge is 0.457 e. The second-order valence-electron chi connectivity index (χ2n) is 12.4. The van der Waals surface area contributed by atoms with Crippen molar-refractivity contribution in [3.05, 3.63) is 85.1 Å². The van der Waals surface area contributed by atoms with Crippen molar-refractivity contribution in [1.29, 1.82) is 0 Å². The molecule has 0 fully saturated rings. The van der Waals surface area contributed by atoms with Gasteiger partial charge in [0, 0.05) is 19.6 Å². The van der Waals surface area contributed by atoms with Crippen LogP contribution in [-0.2, 0) is 27.9 Å². The van der Waals surface area contributed by atoms with Gasteiger partial charge < -0.3 is 20.1 Å². The summed E-state index contributed by atoms with van der Waals surface area (Å²) in [7, 11) is -4.28. The van der Waals surface area contributed by atoms with Crippen LogP contribution in [0.2, 0.25) is 0 Å². The second kappa shape index (κ2) is 38.9. The van der Waals surface area contributed by atoms with Crippen LogP contribution in [-0.4, -0.2) is 49.9 Å². The Bertz CT molecular complexity index is 1050. The molecule has 9 heteroatoms. The Morgan fingerprint density at radius 3 is 1.63 bits per heavy atom. The fourth-order valence-corrected chi connectivity index (χ4v) is 5.50. The van der Waals surface area contributed by atoms with Crippen LogP contribution in [0.25, 0.3) is 0 Å². The summed E-state index contributed by atoms with van der Waals surface area (Å²) in [6, 6.07) is 0. The number of hydrogen-bond acceptors (Lipinski definition) is 7. The Morgan fingerprint density at radius 1 is 0.608 bits per heavy atom. The maximum absolute atomic E-state index is 12.5. The third-order valence-corrected chi connectivity index (χ3v) is 8.56. The summed E-state index contributed by atoms with van der Waals surface area (Å²) < 4.78 is 33.1. The zero-order valence-corrected chi connectivity index (χ0v) is 32.9. The molecule has 8 nitrogen and oxygen atoms in total. The number of unbranched alkanes of at least 4 members (excludes halogenated alkanes) is 9. The van der Waals surface area contributed by atoms with Crippen LogP contribution < -0.4 is 5.73 Å². The van der Waals surface area contributed by atoms with Crippen molar-refractivity contribution >= 4 is 13.8 Å². The third kappa shape index (κ3) is 38.7. The van der Waals surface area contributed by atoms with E-state index in [1.54, 1.807) is 0 Å². The summed E-state index contributed by atoms with van der Waals surface area (Å²) in [6.45, 7) is 4.69. The summed E-state index contributed by atoms with van der Waals surface area (Å²) >= 11 is 0. The fraction of sp³-hybridized carbons (Fsp3) is 0.643. The Balaban J connectivity index is 4.08. The van der Waals surface area contributed by atoms with Gasteiger partial charge in [-0.25, -0.2) is 4.57 Å². The number of carbonyl (C=O) groups is 1. The number of allylic oxidation sites excluding steroid dienone is 14. The normalized spacial score (nSPS) is 14.5. The molecule has 0 bridgehead atoms. The van der Waals surface area contributed by atoms with Gasteiger partial charge in [-0.2, -0.15) is 0 Å². The fourth-order valence-electron chi connectivity index (χ4n) is 4.74. The predicted octanol–water partition coefficient (Wildman–Crippen LogP) is 11.4. The molecule has 0 aliphatic rings. The van der Waals surface area contributed by atoms with Crippen LogP contribution in [0.4, 0.5) is 0 Å². The summed E-state index contributed by atoms with van der Waals surface area (Å²) in [5.74, 6) is -0.369. The molecule has 2 atom stereocenters. The molecule has 0 rings (SSSR count). The van der Waals surface area contributed by atoms with Crippen LogP contribution in [0.5, 0.6) is 0 Å². The molecular formula is C42H72NO7P. The van der Waals surface area contributed by atoms with Crippen molar-refractivity contribution in [2.45, 2.75) is 142 Å². The Morgan fingerprint density at radius 2 is 1.10 bits per heavy atom. The lowest BCUT2D eigenvalue weighted by atomic mass is 10.1. The molecule has 0 radical (unpaired) electrons. The third-order valence-electron chi connectivity index (χ3n) is 7.58. The minimum absolute atomic E-state index is 0.0904. The van der Waals surface area contributed by atoms with Crippen molar-refractivity contribution < 1.29 is 32.8 Å². The summed E-state index contributed by atoms with van der Waals surface area (Å²) in [5, 5.41) is 0. The van der Waals surface area contributed by atoms with Crippen LogP contribution in [0, 0.1) is 0 Å². The average Bonchev–Trinajstić information content (AvgIpc) is 3.12. The van der Waals surface area contributed by atoms with E-state index in [4.69, 9.17) is 24.3 Å². The van der Waals surface area contributed by atoms with E-state index in [0.29, 0.717) is 13.0 Å². The van der Waals surface area contributed by atoms with Gasteiger partial charge in [0.05, 0.1) is 19.8 Å². The SMILES string of the molecule is CC/C=C\C/C=C\C/C=C\C/C=C\C/C=C\C/C=C\C/C=C\CCCCCC(=O)OC(COCCCCCCCCC)COP(=O)(O)OCCN. The van der Waals surface area contributed by atoms with Crippen LogP contribution in [0.1, 0.15) is 136 Å². The van der Waals surface area contributed by atoms with E-state index in [1.807, 2.05) is 0 Å². The molecular weight excluding hydrogens is 661 g/mol. The first-order valence-electron chi connectivity index (χ1n) is 19.6. The number of rotatable bonds is 36. The minimum Gasteiger partial charge on any atom is -0.457 e. The molecule has 0 aliphatic carbocycles. The second-order valence-corrected chi connectivity index (χ2v) is 13.9. The van der Waals surface area contributed by atoms with E-state index in [1.165, 1.54) is 32.1 Å². The standard InChI is InChI=1S/C42H72NO7P/c1-3-5-7-9-11-12-13-14-15-16-17-18-19-20-21-22-23-24-25-26-27-28-29-31-33-35-42(44)50-41(40-49-51(45,46)48-38-36-43)39-47-37-34-32-30-10-8-6-4-2/h5,7,11-12,14-15,17-18,20-21,23-24,26-27,41H,3-4,6,8-10,13,16,19,22,25,28-40,43H2,1-2H3,(H,45,46)/b7-5-,12-11-,15-14-,18-17-,21-20-,24-23-,27-26-. The topological polar surface area (TPSA) is 117 Å². The lowest BCUT2D eigenvalue weighted by molar-refractivity contribution is -0.154. The zero-order chi connectivity index (χ0) is 37.4. The van der Waals surface area contributed by atoms with Gasteiger partial charge in [0.2, 0.25) is 0 Å². The van der Waals surface area contributed by atoms with Crippen molar-refractivity contribution in [2.24, 2.45) is 5.73 Å². The zero-order valence-electron chi connectivity index (χ0n) is 32.1. The highest BCUT2D eigenvalue weighted by atomic mass is 31.2. The van der Waals surface area contributed by atoms with Gasteiger partial charge >= 0.3 is 13.8 Å². The molecule has 0 aromatic carbocycles. The highest BCUT2D eigenvalue weighted by Gasteiger charge is 2.25. The van der Waals surface area contributed by atoms with E-state index < -0.39 is 13.9 Å². The molecule has 0 saturated heterocycles. The van der Waals surface area contributed by atoms with Crippen LogP contribution in [0.15, 0.2) is 85.1 Å². The first-order valence-corrected chi connectivity index (χ1v) is 21.1. The molecule has 2 unspecified atom stereocenters. The average molecular weight is 734 g/mol. The van der Waals surface area contributed by atoms with E-state index >= 15 is 0 Å².